The summed E-state index contributed by atoms with van der Waals surface area (Å²) in [5.74, 6) is -1.09. The Morgan fingerprint density at radius 3 is 2.59 bits per heavy atom. The number of hydrogen-bond donors (Lipinski definition) is 2. The van der Waals surface area contributed by atoms with Crippen molar-refractivity contribution in [1.29, 1.82) is 0 Å². The van der Waals surface area contributed by atoms with Crippen molar-refractivity contribution in [2.75, 3.05) is 5.32 Å². The van der Waals surface area contributed by atoms with E-state index < -0.39 is 11.8 Å². The van der Waals surface area contributed by atoms with Crippen LogP contribution in [0.4, 0.5) is 5.00 Å². The van der Waals surface area contributed by atoms with Gasteiger partial charge in [0.15, 0.2) is 0 Å². The fraction of sp³-hybridized carbons (Fsp3) is 0.500. The van der Waals surface area contributed by atoms with E-state index in [1.54, 1.807) is 6.07 Å². The zero-order valence-electron chi connectivity index (χ0n) is 9.57. The summed E-state index contributed by atoms with van der Waals surface area (Å²) in [6.07, 6.45) is 5.47. The van der Waals surface area contributed by atoms with Crippen LogP contribution in [-0.2, 0) is 9.59 Å². The number of thiophene rings is 1. The van der Waals surface area contributed by atoms with Gasteiger partial charge in [-0.05, 0) is 30.4 Å². The zero-order chi connectivity index (χ0) is 12.1. The average Bonchev–Trinajstić information content (AvgIpc) is 2.83. The predicted octanol–water partition coefficient (Wildman–Crippen LogP) is 2.14. The number of amides is 2. The molecule has 0 aliphatic heterocycles. The van der Waals surface area contributed by atoms with Crippen LogP contribution in [0.25, 0.3) is 0 Å². The highest BCUT2D eigenvalue weighted by Crippen LogP contribution is 2.17. The van der Waals surface area contributed by atoms with Crippen molar-refractivity contribution in [1.82, 2.24) is 5.32 Å². The molecule has 0 atom stereocenters. The summed E-state index contributed by atoms with van der Waals surface area (Å²) in [4.78, 5) is 23.2. The number of rotatable bonds is 2. The van der Waals surface area contributed by atoms with Crippen molar-refractivity contribution >= 4 is 28.2 Å². The quantitative estimate of drug-likeness (QED) is 0.792. The van der Waals surface area contributed by atoms with Crippen molar-refractivity contribution in [3.8, 4) is 0 Å². The molecule has 2 N–H and O–H groups in total. The van der Waals surface area contributed by atoms with Crippen molar-refractivity contribution in [3.05, 3.63) is 17.5 Å². The van der Waals surface area contributed by atoms with Crippen LogP contribution in [0.5, 0.6) is 0 Å². The van der Waals surface area contributed by atoms with Gasteiger partial charge in [0.2, 0.25) is 0 Å². The Kier molecular flexibility index (Phi) is 4.14. The molecule has 0 aromatic carbocycles. The molecule has 92 valence electrons. The monoisotopic (exact) mass is 252 g/mol. The van der Waals surface area contributed by atoms with E-state index in [9.17, 15) is 9.59 Å². The van der Waals surface area contributed by atoms with E-state index >= 15 is 0 Å². The van der Waals surface area contributed by atoms with Gasteiger partial charge in [0.1, 0.15) is 0 Å². The van der Waals surface area contributed by atoms with Crippen LogP contribution in [0.2, 0.25) is 0 Å². The Labute approximate surface area is 104 Å². The van der Waals surface area contributed by atoms with Gasteiger partial charge in [-0.15, -0.1) is 11.3 Å². The minimum atomic E-state index is -0.571. The normalized spacial score (nSPS) is 16.5. The van der Waals surface area contributed by atoms with Crippen molar-refractivity contribution < 1.29 is 9.59 Å². The average molecular weight is 252 g/mol. The minimum Gasteiger partial charge on any atom is -0.345 e. The van der Waals surface area contributed by atoms with Crippen LogP contribution in [0.1, 0.15) is 32.1 Å². The molecular weight excluding hydrogens is 236 g/mol. The molecule has 17 heavy (non-hydrogen) atoms. The summed E-state index contributed by atoms with van der Waals surface area (Å²) in [5.41, 5.74) is 0. The van der Waals surface area contributed by atoms with E-state index in [2.05, 4.69) is 10.6 Å². The summed E-state index contributed by atoms with van der Waals surface area (Å²) in [6, 6.07) is 3.78. The number of carbonyl (C=O) groups is 2. The topological polar surface area (TPSA) is 58.2 Å². The number of nitrogens with one attached hydrogen (secondary N) is 2. The van der Waals surface area contributed by atoms with Crippen LogP contribution >= 0.6 is 11.3 Å². The highest BCUT2D eigenvalue weighted by Gasteiger charge is 2.20. The molecule has 1 aromatic rings. The molecule has 1 heterocycles. The first kappa shape index (κ1) is 12.1. The summed E-state index contributed by atoms with van der Waals surface area (Å²) in [7, 11) is 0. The minimum absolute atomic E-state index is 0.172. The lowest BCUT2D eigenvalue weighted by molar-refractivity contribution is -0.136. The third kappa shape index (κ3) is 3.56. The van der Waals surface area contributed by atoms with Gasteiger partial charge < -0.3 is 10.6 Å². The van der Waals surface area contributed by atoms with Gasteiger partial charge in [0.05, 0.1) is 5.00 Å². The van der Waals surface area contributed by atoms with Gasteiger partial charge in [0, 0.05) is 6.04 Å². The largest absolute Gasteiger partial charge is 0.345 e. The van der Waals surface area contributed by atoms with Crippen LogP contribution in [0.3, 0.4) is 0 Å². The van der Waals surface area contributed by atoms with Crippen LogP contribution in [-0.4, -0.2) is 17.9 Å². The molecule has 0 saturated heterocycles. The van der Waals surface area contributed by atoms with Crippen LogP contribution in [0, 0.1) is 0 Å². The maximum absolute atomic E-state index is 11.6. The molecule has 1 saturated carbocycles. The van der Waals surface area contributed by atoms with E-state index in [0.29, 0.717) is 5.00 Å². The van der Waals surface area contributed by atoms with E-state index in [-0.39, 0.29) is 6.04 Å². The molecule has 0 spiro atoms. The second-order valence-corrected chi connectivity index (χ2v) is 5.19. The fourth-order valence-corrected chi connectivity index (χ4v) is 2.63. The fourth-order valence-electron chi connectivity index (χ4n) is 2.02. The van der Waals surface area contributed by atoms with Gasteiger partial charge in [-0.3, -0.25) is 9.59 Å². The Hall–Kier alpha value is -1.36. The maximum atomic E-state index is 11.6. The maximum Gasteiger partial charge on any atom is 0.314 e. The molecule has 0 bridgehead atoms. The Morgan fingerprint density at radius 1 is 1.18 bits per heavy atom. The summed E-state index contributed by atoms with van der Waals surface area (Å²) >= 11 is 1.40. The van der Waals surface area contributed by atoms with Gasteiger partial charge in [-0.2, -0.15) is 0 Å². The van der Waals surface area contributed by atoms with Crippen LogP contribution < -0.4 is 10.6 Å². The first-order chi connectivity index (χ1) is 8.25. The first-order valence-electron chi connectivity index (χ1n) is 5.91. The molecule has 1 aliphatic carbocycles. The molecule has 4 nitrogen and oxygen atoms in total. The second kappa shape index (κ2) is 5.82. The third-order valence-electron chi connectivity index (χ3n) is 2.90. The van der Waals surface area contributed by atoms with E-state index in [0.717, 1.165) is 25.7 Å². The lowest BCUT2D eigenvalue weighted by atomic mass is 9.95. The van der Waals surface area contributed by atoms with E-state index in [1.807, 2.05) is 11.4 Å². The highest BCUT2D eigenvalue weighted by molar-refractivity contribution is 7.14. The molecule has 0 radical (unpaired) electrons. The summed E-state index contributed by atoms with van der Waals surface area (Å²) < 4.78 is 0. The standard InChI is InChI=1S/C12H16N2O2S/c15-11(13-9-5-2-1-3-6-9)12(16)14-10-7-4-8-17-10/h4,7-9H,1-3,5-6H2,(H,13,15)(H,14,16). The van der Waals surface area contributed by atoms with E-state index in [1.165, 1.54) is 17.8 Å². The molecule has 2 rings (SSSR count). The Bertz CT molecular complexity index is 383. The molecule has 2 amide bonds. The first-order valence-corrected chi connectivity index (χ1v) is 6.79. The molecule has 1 aromatic heterocycles. The highest BCUT2D eigenvalue weighted by atomic mass is 32.1. The van der Waals surface area contributed by atoms with Gasteiger partial charge in [-0.1, -0.05) is 19.3 Å². The van der Waals surface area contributed by atoms with Crippen molar-refractivity contribution in [2.24, 2.45) is 0 Å². The van der Waals surface area contributed by atoms with Crippen LogP contribution in [0.15, 0.2) is 17.5 Å². The van der Waals surface area contributed by atoms with E-state index in [4.69, 9.17) is 0 Å². The SMILES string of the molecule is O=C(Nc1cccs1)C(=O)NC1CCCCC1. The molecule has 0 unspecified atom stereocenters. The Balaban J connectivity index is 1.80. The number of carbonyl (C=O) groups excluding carboxylic acids is 2. The molecule has 1 fully saturated rings. The predicted molar refractivity (Wildman–Crippen MR) is 68.0 cm³/mol. The van der Waals surface area contributed by atoms with Crippen molar-refractivity contribution in [2.45, 2.75) is 38.1 Å². The summed E-state index contributed by atoms with van der Waals surface area (Å²) in [5, 5.41) is 7.92. The Morgan fingerprint density at radius 2 is 1.94 bits per heavy atom. The second-order valence-electron chi connectivity index (χ2n) is 4.24. The molecule has 5 heteroatoms. The lowest BCUT2D eigenvalue weighted by Crippen LogP contribution is -2.42. The molecule has 1 aliphatic rings. The zero-order valence-corrected chi connectivity index (χ0v) is 10.4. The number of hydrogen-bond acceptors (Lipinski definition) is 3. The van der Waals surface area contributed by atoms with Gasteiger partial charge in [-0.25, -0.2) is 0 Å². The van der Waals surface area contributed by atoms with Gasteiger partial charge in [0.25, 0.3) is 0 Å². The lowest BCUT2D eigenvalue weighted by Gasteiger charge is -2.22. The smallest absolute Gasteiger partial charge is 0.314 e. The number of anilines is 1. The van der Waals surface area contributed by atoms with Gasteiger partial charge >= 0.3 is 11.8 Å². The third-order valence-corrected chi connectivity index (χ3v) is 3.69. The van der Waals surface area contributed by atoms with Crippen molar-refractivity contribution in [3.63, 3.8) is 0 Å². The molecular formula is C12H16N2O2S. The summed E-state index contributed by atoms with van der Waals surface area (Å²) in [6.45, 7) is 0.